The van der Waals surface area contributed by atoms with Crippen molar-refractivity contribution in [1.82, 2.24) is 5.32 Å². The number of ether oxygens (including phenoxy) is 1. The molecule has 0 saturated carbocycles. The van der Waals surface area contributed by atoms with Crippen LogP contribution in [0, 0.1) is 0 Å². The minimum absolute atomic E-state index is 0.0130. The summed E-state index contributed by atoms with van der Waals surface area (Å²) in [6.07, 6.45) is 87.0. The van der Waals surface area contributed by atoms with E-state index in [0.29, 0.717) is 19.4 Å². The lowest BCUT2D eigenvalue weighted by molar-refractivity contribution is -0.143. The molecular weight excluding hydrogens is 971 g/mol. The van der Waals surface area contributed by atoms with Crippen molar-refractivity contribution in [2.45, 2.75) is 418 Å². The van der Waals surface area contributed by atoms with Crippen molar-refractivity contribution >= 4 is 11.9 Å². The van der Waals surface area contributed by atoms with E-state index in [1.54, 1.807) is 6.08 Å². The summed E-state index contributed by atoms with van der Waals surface area (Å²) in [4.78, 5) is 24.6. The third-order valence-corrected chi connectivity index (χ3v) is 17.0. The first-order valence-corrected chi connectivity index (χ1v) is 36.1. The van der Waals surface area contributed by atoms with Gasteiger partial charge in [-0.3, -0.25) is 9.59 Å². The Bertz CT molecular complexity index is 1230. The van der Waals surface area contributed by atoms with E-state index in [9.17, 15) is 19.8 Å². The number of aliphatic hydroxyl groups excluding tert-OH is 2. The third kappa shape index (κ3) is 65.4. The standard InChI is InChI=1S/C73H141NO5/c1-3-5-7-9-11-13-15-17-19-38-41-45-49-53-57-61-65-71(76)70(69-75)74-72(77)66-62-58-54-50-46-42-39-36-34-32-30-28-26-24-22-20-21-23-25-27-29-31-33-35-37-40-44-48-52-56-60-64-68-79-73(78)67-63-59-55-51-47-43-18-16-14-12-10-8-6-4-2/h16,18,61,65,70-71,75-76H,3-15,17,19-60,62-64,66-69H2,1-2H3,(H,74,77)/b18-16-,65-61+. The molecule has 79 heavy (non-hydrogen) atoms. The van der Waals surface area contributed by atoms with Gasteiger partial charge >= 0.3 is 5.97 Å². The van der Waals surface area contributed by atoms with Gasteiger partial charge in [-0.05, 0) is 57.8 Å². The average molecular weight is 1110 g/mol. The van der Waals surface area contributed by atoms with Crippen LogP contribution in [0.15, 0.2) is 24.3 Å². The van der Waals surface area contributed by atoms with Gasteiger partial charge in [0, 0.05) is 12.8 Å². The van der Waals surface area contributed by atoms with Gasteiger partial charge in [-0.15, -0.1) is 0 Å². The molecule has 0 heterocycles. The van der Waals surface area contributed by atoms with Gasteiger partial charge in [-0.25, -0.2) is 0 Å². The van der Waals surface area contributed by atoms with Crippen LogP contribution in [0.3, 0.4) is 0 Å². The van der Waals surface area contributed by atoms with Gasteiger partial charge in [0.1, 0.15) is 0 Å². The van der Waals surface area contributed by atoms with Crippen molar-refractivity contribution in [1.29, 1.82) is 0 Å². The quantitative estimate of drug-likeness (QED) is 0.0320. The predicted octanol–water partition coefficient (Wildman–Crippen LogP) is 23.3. The van der Waals surface area contributed by atoms with Gasteiger partial charge in [0.05, 0.1) is 25.4 Å². The summed E-state index contributed by atoms with van der Waals surface area (Å²) >= 11 is 0. The number of aliphatic hydroxyl groups is 2. The molecule has 0 aromatic carbocycles. The minimum Gasteiger partial charge on any atom is -0.466 e. The first-order valence-electron chi connectivity index (χ1n) is 36.1. The molecule has 0 aromatic rings. The molecule has 6 nitrogen and oxygen atoms in total. The molecule has 0 rings (SSSR count). The van der Waals surface area contributed by atoms with Gasteiger partial charge in [0.15, 0.2) is 0 Å². The summed E-state index contributed by atoms with van der Waals surface area (Å²) in [6.45, 7) is 4.93. The van der Waals surface area contributed by atoms with Crippen LogP contribution < -0.4 is 5.32 Å². The molecule has 2 unspecified atom stereocenters. The van der Waals surface area contributed by atoms with E-state index in [0.717, 1.165) is 44.9 Å². The topological polar surface area (TPSA) is 95.9 Å². The molecule has 0 spiro atoms. The Morgan fingerprint density at radius 2 is 0.595 bits per heavy atom. The molecule has 3 N–H and O–H groups in total. The van der Waals surface area contributed by atoms with E-state index in [-0.39, 0.29) is 18.5 Å². The van der Waals surface area contributed by atoms with Gasteiger partial charge in [0.2, 0.25) is 5.91 Å². The summed E-state index contributed by atoms with van der Waals surface area (Å²) in [5.74, 6) is -0.0475. The SMILES string of the molecule is CCCCCCC/C=C\CCCCCCCC(=O)OCCCCCCCCCCCCCCCCCCCCCCCCCCCCCCCCCCC(=O)NC(CO)C(O)/C=C/CCCCCCCCCCCCCCCC. The number of carbonyl (C=O) groups is 2. The summed E-state index contributed by atoms with van der Waals surface area (Å²) in [6, 6.07) is -0.624. The molecule has 0 aromatic heterocycles. The number of rotatable bonds is 68. The number of nitrogens with one attached hydrogen (secondary N) is 1. The highest BCUT2D eigenvalue weighted by atomic mass is 16.5. The van der Waals surface area contributed by atoms with Gasteiger partial charge in [-0.1, -0.05) is 359 Å². The van der Waals surface area contributed by atoms with Gasteiger partial charge < -0.3 is 20.3 Å². The van der Waals surface area contributed by atoms with E-state index < -0.39 is 12.1 Å². The van der Waals surface area contributed by atoms with Gasteiger partial charge in [0.25, 0.3) is 0 Å². The maximum atomic E-state index is 12.5. The molecule has 0 bridgehead atoms. The number of hydrogen-bond acceptors (Lipinski definition) is 5. The highest BCUT2D eigenvalue weighted by molar-refractivity contribution is 5.76. The normalized spacial score (nSPS) is 12.6. The second kappa shape index (κ2) is 68.8. The Labute approximate surface area is 494 Å². The smallest absolute Gasteiger partial charge is 0.305 e. The number of esters is 1. The summed E-state index contributed by atoms with van der Waals surface area (Å²) in [5.41, 5.74) is 0. The van der Waals surface area contributed by atoms with Crippen LogP contribution in [-0.4, -0.2) is 47.4 Å². The number of carbonyl (C=O) groups excluding carboxylic acids is 2. The molecule has 6 heteroatoms. The largest absolute Gasteiger partial charge is 0.466 e. The lowest BCUT2D eigenvalue weighted by Gasteiger charge is -2.20. The lowest BCUT2D eigenvalue weighted by atomic mass is 10.0. The van der Waals surface area contributed by atoms with Crippen LogP contribution in [0.4, 0.5) is 0 Å². The van der Waals surface area contributed by atoms with Crippen LogP contribution in [0.25, 0.3) is 0 Å². The Kier molecular flexibility index (Phi) is 67.4. The fourth-order valence-corrected chi connectivity index (χ4v) is 11.5. The monoisotopic (exact) mass is 1110 g/mol. The molecule has 0 aliphatic carbocycles. The predicted molar refractivity (Wildman–Crippen MR) is 347 cm³/mol. The van der Waals surface area contributed by atoms with Crippen molar-refractivity contribution in [3.63, 3.8) is 0 Å². The number of unbranched alkanes of at least 4 members (excludes halogenated alkanes) is 55. The van der Waals surface area contributed by atoms with E-state index >= 15 is 0 Å². The zero-order chi connectivity index (χ0) is 57.1. The lowest BCUT2D eigenvalue weighted by Crippen LogP contribution is -2.45. The molecule has 0 radical (unpaired) electrons. The Hall–Kier alpha value is -1.66. The first-order chi connectivity index (χ1) is 39.0. The molecule has 1 amide bonds. The number of amides is 1. The van der Waals surface area contributed by atoms with Gasteiger partial charge in [-0.2, -0.15) is 0 Å². The van der Waals surface area contributed by atoms with E-state index in [1.165, 1.54) is 334 Å². The van der Waals surface area contributed by atoms with Crippen LogP contribution in [0.1, 0.15) is 406 Å². The average Bonchev–Trinajstić information content (AvgIpc) is 3.45. The number of allylic oxidation sites excluding steroid dienone is 3. The third-order valence-electron chi connectivity index (χ3n) is 17.0. The van der Waals surface area contributed by atoms with E-state index in [1.807, 2.05) is 6.08 Å². The zero-order valence-electron chi connectivity index (χ0n) is 53.6. The van der Waals surface area contributed by atoms with Crippen LogP contribution >= 0.6 is 0 Å². The van der Waals surface area contributed by atoms with Crippen LogP contribution in [0.5, 0.6) is 0 Å². The number of hydrogen-bond donors (Lipinski definition) is 3. The molecular formula is C73H141NO5. The van der Waals surface area contributed by atoms with Crippen molar-refractivity contribution in [3.8, 4) is 0 Å². The molecule has 0 aliphatic heterocycles. The maximum Gasteiger partial charge on any atom is 0.305 e. The summed E-state index contributed by atoms with van der Waals surface area (Å²) in [5, 5.41) is 23.2. The molecule has 468 valence electrons. The molecule has 0 aliphatic rings. The second-order valence-corrected chi connectivity index (χ2v) is 24.9. The fraction of sp³-hybridized carbons (Fsp3) is 0.918. The van der Waals surface area contributed by atoms with E-state index in [4.69, 9.17) is 4.74 Å². The maximum absolute atomic E-state index is 12.5. The summed E-state index contributed by atoms with van der Waals surface area (Å²) in [7, 11) is 0. The molecule has 2 atom stereocenters. The zero-order valence-corrected chi connectivity index (χ0v) is 53.6. The Balaban J connectivity index is 3.33. The highest BCUT2D eigenvalue weighted by Gasteiger charge is 2.18. The minimum atomic E-state index is -0.841. The van der Waals surface area contributed by atoms with Crippen LogP contribution in [0.2, 0.25) is 0 Å². The van der Waals surface area contributed by atoms with Crippen molar-refractivity contribution in [2.75, 3.05) is 13.2 Å². The first kappa shape index (κ1) is 77.3. The molecule has 0 saturated heterocycles. The highest BCUT2D eigenvalue weighted by Crippen LogP contribution is 2.19. The van der Waals surface area contributed by atoms with Crippen molar-refractivity contribution in [3.05, 3.63) is 24.3 Å². The van der Waals surface area contributed by atoms with E-state index in [2.05, 4.69) is 31.3 Å². The van der Waals surface area contributed by atoms with Crippen molar-refractivity contribution in [2.24, 2.45) is 0 Å². The fourth-order valence-electron chi connectivity index (χ4n) is 11.5. The Morgan fingerprint density at radius 3 is 0.899 bits per heavy atom. The van der Waals surface area contributed by atoms with Crippen LogP contribution in [-0.2, 0) is 14.3 Å². The molecule has 0 fully saturated rings. The van der Waals surface area contributed by atoms with Crippen molar-refractivity contribution < 1.29 is 24.5 Å². The summed E-state index contributed by atoms with van der Waals surface area (Å²) < 4.78 is 5.49. The Morgan fingerprint density at radius 1 is 0.342 bits per heavy atom. The second-order valence-electron chi connectivity index (χ2n) is 24.9.